The fraction of sp³-hybridized carbons (Fsp3) is 0.333. The van der Waals surface area contributed by atoms with Gasteiger partial charge in [-0.25, -0.2) is 9.38 Å². The summed E-state index contributed by atoms with van der Waals surface area (Å²) < 4.78 is 14.5. The summed E-state index contributed by atoms with van der Waals surface area (Å²) in [5.74, 6) is -0.313. The summed E-state index contributed by atoms with van der Waals surface area (Å²) in [5.41, 5.74) is 0.778. The molecule has 0 bridgehead atoms. The predicted molar refractivity (Wildman–Crippen MR) is 61.6 cm³/mol. The van der Waals surface area contributed by atoms with Gasteiger partial charge in [-0.05, 0) is 25.1 Å². The summed E-state index contributed by atoms with van der Waals surface area (Å²) in [5, 5.41) is 3.23. The highest BCUT2D eigenvalue weighted by atomic mass is 19.1. The van der Waals surface area contributed by atoms with Crippen LogP contribution in [0.25, 0.3) is 5.65 Å². The van der Waals surface area contributed by atoms with Crippen molar-refractivity contribution in [3.05, 3.63) is 46.3 Å². The van der Waals surface area contributed by atoms with E-state index in [4.69, 9.17) is 0 Å². The Morgan fingerprint density at radius 1 is 1.47 bits per heavy atom. The van der Waals surface area contributed by atoms with E-state index in [1.165, 1.54) is 12.1 Å². The van der Waals surface area contributed by atoms with Gasteiger partial charge in [0, 0.05) is 18.5 Å². The highest BCUT2D eigenvalue weighted by molar-refractivity contribution is 5.39. The number of rotatable bonds is 1. The number of halogens is 1. The van der Waals surface area contributed by atoms with E-state index >= 15 is 0 Å². The average molecular weight is 233 g/mol. The second kappa shape index (κ2) is 3.92. The third-order valence-corrected chi connectivity index (χ3v) is 3.14. The van der Waals surface area contributed by atoms with Crippen molar-refractivity contribution in [3.63, 3.8) is 0 Å². The van der Waals surface area contributed by atoms with E-state index in [9.17, 15) is 9.18 Å². The van der Waals surface area contributed by atoms with Gasteiger partial charge >= 0.3 is 0 Å². The van der Waals surface area contributed by atoms with Crippen molar-refractivity contribution in [1.82, 2.24) is 14.7 Å². The molecule has 2 aromatic rings. The second-order valence-corrected chi connectivity index (χ2v) is 4.25. The number of fused-ring (bicyclic) bond motifs is 1. The van der Waals surface area contributed by atoms with Gasteiger partial charge < -0.3 is 5.32 Å². The van der Waals surface area contributed by atoms with Gasteiger partial charge in [-0.2, -0.15) is 4.39 Å². The zero-order valence-electron chi connectivity index (χ0n) is 9.19. The van der Waals surface area contributed by atoms with Gasteiger partial charge in [0.05, 0.1) is 5.69 Å². The Balaban J connectivity index is 2.20. The first-order valence-corrected chi connectivity index (χ1v) is 5.64. The van der Waals surface area contributed by atoms with Crippen LogP contribution in [0.2, 0.25) is 0 Å². The van der Waals surface area contributed by atoms with Gasteiger partial charge in [-0.3, -0.25) is 4.79 Å². The summed E-state index contributed by atoms with van der Waals surface area (Å²) in [6.07, 6.45) is 0.970. The van der Waals surface area contributed by atoms with Gasteiger partial charge in [0.2, 0.25) is 5.95 Å². The molecule has 88 valence electrons. The molecule has 0 aliphatic carbocycles. The molecule has 2 aromatic heterocycles. The van der Waals surface area contributed by atoms with Crippen LogP contribution in [-0.2, 0) is 0 Å². The highest BCUT2D eigenvalue weighted by Gasteiger charge is 2.19. The standard InChI is InChI=1S/C12H12FN3O/c13-10-2-1-3-11-15-9(6-12(17)16(10)11)8-4-5-14-7-8/h1-3,6,8,14H,4-5,7H2. The van der Waals surface area contributed by atoms with Crippen LogP contribution in [-0.4, -0.2) is 22.5 Å². The molecule has 17 heavy (non-hydrogen) atoms. The van der Waals surface area contributed by atoms with Crippen LogP contribution in [0.4, 0.5) is 4.39 Å². The van der Waals surface area contributed by atoms with Crippen LogP contribution in [0.15, 0.2) is 29.1 Å². The average Bonchev–Trinajstić information content (AvgIpc) is 2.81. The van der Waals surface area contributed by atoms with E-state index in [0.717, 1.165) is 29.6 Å². The second-order valence-electron chi connectivity index (χ2n) is 4.25. The van der Waals surface area contributed by atoms with Crippen molar-refractivity contribution in [2.75, 3.05) is 13.1 Å². The lowest BCUT2D eigenvalue weighted by molar-refractivity contribution is 0.557. The lowest BCUT2D eigenvalue weighted by Crippen LogP contribution is -2.20. The number of pyridine rings is 1. The molecular weight excluding hydrogens is 221 g/mol. The smallest absolute Gasteiger partial charge is 0.260 e. The van der Waals surface area contributed by atoms with Gasteiger partial charge in [0.1, 0.15) is 5.65 Å². The summed E-state index contributed by atoms with van der Waals surface area (Å²) in [6.45, 7) is 1.77. The minimum Gasteiger partial charge on any atom is -0.316 e. The maximum Gasteiger partial charge on any atom is 0.260 e. The van der Waals surface area contributed by atoms with Crippen molar-refractivity contribution in [2.45, 2.75) is 12.3 Å². The fourth-order valence-corrected chi connectivity index (χ4v) is 2.25. The third-order valence-electron chi connectivity index (χ3n) is 3.14. The molecule has 1 fully saturated rings. The summed E-state index contributed by atoms with van der Waals surface area (Å²) in [6, 6.07) is 5.91. The minimum atomic E-state index is -0.573. The van der Waals surface area contributed by atoms with Crippen LogP contribution in [0.3, 0.4) is 0 Å². The van der Waals surface area contributed by atoms with Crippen LogP contribution in [0.1, 0.15) is 18.0 Å². The van der Waals surface area contributed by atoms with E-state index in [0.29, 0.717) is 5.65 Å². The van der Waals surface area contributed by atoms with Crippen molar-refractivity contribution < 1.29 is 4.39 Å². The van der Waals surface area contributed by atoms with E-state index < -0.39 is 5.95 Å². The van der Waals surface area contributed by atoms with Gasteiger partial charge in [-0.1, -0.05) is 6.07 Å². The van der Waals surface area contributed by atoms with Gasteiger partial charge in [-0.15, -0.1) is 0 Å². The lowest BCUT2D eigenvalue weighted by Gasteiger charge is -2.09. The van der Waals surface area contributed by atoms with E-state index in [2.05, 4.69) is 10.3 Å². The topological polar surface area (TPSA) is 46.4 Å². The molecule has 0 amide bonds. The quantitative estimate of drug-likeness (QED) is 0.745. The Kier molecular flexibility index (Phi) is 2.40. The molecule has 1 unspecified atom stereocenters. The molecule has 1 saturated heterocycles. The zero-order chi connectivity index (χ0) is 11.8. The number of nitrogens with one attached hydrogen (secondary N) is 1. The molecule has 0 radical (unpaired) electrons. The summed E-state index contributed by atoms with van der Waals surface area (Å²) in [7, 11) is 0. The number of nitrogens with zero attached hydrogens (tertiary/aromatic N) is 2. The monoisotopic (exact) mass is 233 g/mol. The molecule has 3 heterocycles. The minimum absolute atomic E-state index is 0.260. The number of aromatic nitrogens is 2. The van der Waals surface area contributed by atoms with E-state index in [-0.39, 0.29) is 11.5 Å². The van der Waals surface area contributed by atoms with Gasteiger partial charge in [0.15, 0.2) is 0 Å². The van der Waals surface area contributed by atoms with Crippen molar-refractivity contribution in [1.29, 1.82) is 0 Å². The maximum absolute atomic E-state index is 13.5. The summed E-state index contributed by atoms with van der Waals surface area (Å²) >= 11 is 0. The molecule has 1 atom stereocenters. The van der Waals surface area contributed by atoms with Crippen LogP contribution >= 0.6 is 0 Å². The zero-order valence-corrected chi connectivity index (χ0v) is 9.19. The molecule has 1 aliphatic heterocycles. The Labute approximate surface area is 97.1 Å². The first-order valence-electron chi connectivity index (χ1n) is 5.64. The van der Waals surface area contributed by atoms with Crippen LogP contribution in [0.5, 0.6) is 0 Å². The summed E-state index contributed by atoms with van der Waals surface area (Å²) in [4.78, 5) is 16.2. The molecule has 5 heteroatoms. The molecular formula is C12H12FN3O. The largest absolute Gasteiger partial charge is 0.316 e. The molecule has 0 spiro atoms. The first kappa shape index (κ1) is 10.4. The maximum atomic E-state index is 13.5. The molecule has 3 rings (SSSR count). The van der Waals surface area contributed by atoms with Crippen molar-refractivity contribution in [2.24, 2.45) is 0 Å². The van der Waals surface area contributed by atoms with E-state index in [1.54, 1.807) is 12.1 Å². The van der Waals surface area contributed by atoms with Crippen molar-refractivity contribution >= 4 is 5.65 Å². The SMILES string of the molecule is O=c1cc(C2CCNC2)nc2cccc(F)n12. The Bertz CT molecular complexity index is 617. The highest BCUT2D eigenvalue weighted by Crippen LogP contribution is 2.19. The Morgan fingerprint density at radius 3 is 3.12 bits per heavy atom. The lowest BCUT2D eigenvalue weighted by atomic mass is 10.0. The fourth-order valence-electron chi connectivity index (χ4n) is 2.25. The first-order chi connectivity index (χ1) is 8.25. The Hall–Kier alpha value is -1.75. The molecule has 1 aliphatic rings. The predicted octanol–water partition coefficient (Wildman–Crippen LogP) is 0.910. The van der Waals surface area contributed by atoms with Gasteiger partial charge in [0.25, 0.3) is 5.56 Å². The molecule has 4 nitrogen and oxygen atoms in total. The third kappa shape index (κ3) is 1.72. The van der Waals surface area contributed by atoms with Crippen LogP contribution < -0.4 is 10.9 Å². The number of hydrogen-bond acceptors (Lipinski definition) is 3. The number of hydrogen-bond donors (Lipinski definition) is 1. The molecule has 0 aromatic carbocycles. The normalized spacial score (nSPS) is 19.9. The van der Waals surface area contributed by atoms with Crippen molar-refractivity contribution in [3.8, 4) is 0 Å². The van der Waals surface area contributed by atoms with E-state index in [1.807, 2.05) is 0 Å². The Morgan fingerprint density at radius 2 is 2.35 bits per heavy atom. The van der Waals surface area contributed by atoms with Crippen LogP contribution in [0, 0.1) is 5.95 Å². The molecule has 1 N–H and O–H groups in total. The molecule has 0 saturated carbocycles.